The highest BCUT2D eigenvalue weighted by atomic mass is 16.2. The molecular formula is C8H12N2O. The van der Waals surface area contributed by atoms with E-state index in [0.717, 1.165) is 12.8 Å². The molecule has 0 aromatic carbocycles. The predicted octanol–water partition coefficient (Wildman–Crippen LogP) is 0.188. The average molecular weight is 152 g/mol. The summed E-state index contributed by atoms with van der Waals surface area (Å²) in [5.74, 6) is 6.31. The highest BCUT2D eigenvalue weighted by Gasteiger charge is 2.39. The summed E-state index contributed by atoms with van der Waals surface area (Å²) in [7, 11) is 0. The second-order valence-electron chi connectivity index (χ2n) is 3.40. The van der Waals surface area contributed by atoms with Crippen molar-refractivity contribution >= 4 is 5.91 Å². The van der Waals surface area contributed by atoms with Gasteiger partial charge in [-0.2, -0.15) is 0 Å². The van der Waals surface area contributed by atoms with E-state index in [2.05, 4.69) is 17.6 Å². The zero-order chi connectivity index (χ0) is 7.84. The van der Waals surface area contributed by atoms with E-state index in [4.69, 9.17) is 5.84 Å². The zero-order valence-corrected chi connectivity index (χ0v) is 6.29. The number of hydrogen-bond donors (Lipinski definition) is 2. The molecule has 11 heavy (non-hydrogen) atoms. The number of amides is 1. The van der Waals surface area contributed by atoms with E-state index in [1.165, 1.54) is 0 Å². The highest BCUT2D eigenvalue weighted by Crippen LogP contribution is 2.43. The minimum Gasteiger partial charge on any atom is -0.294 e. The fourth-order valence-corrected chi connectivity index (χ4v) is 2.19. The Morgan fingerprint density at radius 1 is 1.45 bits per heavy atom. The Bertz CT molecular complexity index is 212. The first kappa shape index (κ1) is 6.85. The molecule has 1 amide bonds. The quantitative estimate of drug-likeness (QED) is 0.244. The Balaban J connectivity index is 2.08. The lowest BCUT2D eigenvalue weighted by atomic mass is 9.93. The van der Waals surface area contributed by atoms with Gasteiger partial charge in [-0.25, -0.2) is 5.84 Å². The Morgan fingerprint density at radius 2 is 2.27 bits per heavy atom. The molecule has 2 rings (SSSR count). The Morgan fingerprint density at radius 3 is 2.73 bits per heavy atom. The second kappa shape index (κ2) is 2.34. The van der Waals surface area contributed by atoms with E-state index in [0.29, 0.717) is 11.8 Å². The first-order chi connectivity index (χ1) is 5.31. The third-order valence-electron chi connectivity index (χ3n) is 2.76. The van der Waals surface area contributed by atoms with Crippen LogP contribution in [0.2, 0.25) is 0 Å². The smallest absolute Gasteiger partial charge is 0.237 e. The number of allylic oxidation sites excluding steroid dienone is 2. The van der Waals surface area contributed by atoms with Crippen molar-refractivity contribution in [1.29, 1.82) is 0 Å². The maximum absolute atomic E-state index is 11.1. The van der Waals surface area contributed by atoms with Crippen LogP contribution in [0.25, 0.3) is 0 Å². The number of hydrogen-bond acceptors (Lipinski definition) is 2. The lowest BCUT2D eigenvalue weighted by Gasteiger charge is -2.15. The number of nitrogens with one attached hydrogen (secondary N) is 1. The monoisotopic (exact) mass is 152 g/mol. The van der Waals surface area contributed by atoms with Gasteiger partial charge in [0, 0.05) is 5.92 Å². The summed E-state index contributed by atoms with van der Waals surface area (Å²) in [6, 6.07) is 0. The van der Waals surface area contributed by atoms with Gasteiger partial charge in [-0.1, -0.05) is 12.2 Å². The summed E-state index contributed by atoms with van der Waals surface area (Å²) >= 11 is 0. The SMILES string of the molecule is NNC(=O)[C@@H]1C[C@H]2C=C[C@@H]1C2. The number of carbonyl (C=O) groups is 1. The minimum atomic E-state index is 0.00171. The maximum atomic E-state index is 11.1. The molecule has 0 saturated heterocycles. The van der Waals surface area contributed by atoms with E-state index in [9.17, 15) is 4.79 Å². The number of rotatable bonds is 1. The highest BCUT2D eigenvalue weighted by molar-refractivity contribution is 5.79. The molecule has 0 radical (unpaired) electrons. The lowest BCUT2D eigenvalue weighted by Crippen LogP contribution is -2.37. The van der Waals surface area contributed by atoms with Crippen molar-refractivity contribution in [3.63, 3.8) is 0 Å². The Labute approximate surface area is 65.6 Å². The van der Waals surface area contributed by atoms with Gasteiger partial charge >= 0.3 is 0 Å². The third-order valence-corrected chi connectivity index (χ3v) is 2.76. The van der Waals surface area contributed by atoms with Crippen molar-refractivity contribution in [1.82, 2.24) is 5.43 Å². The molecule has 1 saturated carbocycles. The molecule has 3 heteroatoms. The fourth-order valence-electron chi connectivity index (χ4n) is 2.19. The van der Waals surface area contributed by atoms with Crippen LogP contribution in [0.1, 0.15) is 12.8 Å². The number of carbonyl (C=O) groups excluding carboxylic acids is 1. The van der Waals surface area contributed by atoms with Crippen LogP contribution in [0.5, 0.6) is 0 Å². The average Bonchev–Trinajstić information content (AvgIpc) is 2.62. The minimum absolute atomic E-state index is 0.00171. The second-order valence-corrected chi connectivity index (χ2v) is 3.40. The number of hydrazine groups is 1. The Kier molecular flexibility index (Phi) is 1.46. The first-order valence-corrected chi connectivity index (χ1v) is 4.00. The van der Waals surface area contributed by atoms with Crippen LogP contribution in [-0.2, 0) is 4.79 Å². The summed E-state index contributed by atoms with van der Waals surface area (Å²) in [5.41, 5.74) is 2.22. The first-order valence-electron chi connectivity index (χ1n) is 4.00. The van der Waals surface area contributed by atoms with Gasteiger partial charge in [-0.15, -0.1) is 0 Å². The van der Waals surface area contributed by atoms with E-state index in [-0.39, 0.29) is 11.8 Å². The zero-order valence-electron chi connectivity index (χ0n) is 6.29. The van der Waals surface area contributed by atoms with Crippen LogP contribution < -0.4 is 11.3 Å². The van der Waals surface area contributed by atoms with Crippen molar-refractivity contribution in [3.05, 3.63) is 12.2 Å². The van der Waals surface area contributed by atoms with Gasteiger partial charge in [0.25, 0.3) is 0 Å². The van der Waals surface area contributed by atoms with Crippen molar-refractivity contribution in [3.8, 4) is 0 Å². The molecule has 0 aliphatic heterocycles. The van der Waals surface area contributed by atoms with E-state index in [1.807, 2.05) is 0 Å². The summed E-state index contributed by atoms with van der Waals surface area (Å²) in [6.07, 6.45) is 6.50. The predicted molar refractivity (Wildman–Crippen MR) is 41.2 cm³/mol. The van der Waals surface area contributed by atoms with Crippen LogP contribution in [0.15, 0.2) is 12.2 Å². The molecule has 3 nitrogen and oxygen atoms in total. The number of nitrogens with two attached hydrogens (primary N) is 1. The molecule has 2 bridgehead atoms. The molecule has 3 atom stereocenters. The van der Waals surface area contributed by atoms with Crippen molar-refractivity contribution < 1.29 is 4.79 Å². The van der Waals surface area contributed by atoms with Gasteiger partial charge in [0.2, 0.25) is 5.91 Å². The van der Waals surface area contributed by atoms with E-state index >= 15 is 0 Å². The van der Waals surface area contributed by atoms with Crippen molar-refractivity contribution in [2.45, 2.75) is 12.8 Å². The molecule has 0 spiro atoms. The van der Waals surface area contributed by atoms with Gasteiger partial charge in [0.05, 0.1) is 0 Å². The van der Waals surface area contributed by atoms with Crippen LogP contribution in [0.4, 0.5) is 0 Å². The molecule has 0 heterocycles. The van der Waals surface area contributed by atoms with Gasteiger partial charge in [0.1, 0.15) is 0 Å². The van der Waals surface area contributed by atoms with Crippen LogP contribution in [0.3, 0.4) is 0 Å². The normalized spacial score (nSPS) is 39.5. The van der Waals surface area contributed by atoms with E-state index in [1.54, 1.807) is 0 Å². The van der Waals surface area contributed by atoms with Gasteiger partial charge in [0.15, 0.2) is 0 Å². The molecule has 1 fully saturated rings. The molecule has 2 aliphatic carbocycles. The standard InChI is InChI=1S/C8H12N2O/c9-10-8(11)7-4-5-1-2-6(7)3-5/h1-2,5-7H,3-4,9H2,(H,10,11)/t5-,6+,7+/m0/s1. The van der Waals surface area contributed by atoms with Crippen LogP contribution >= 0.6 is 0 Å². The Hall–Kier alpha value is -0.830. The van der Waals surface area contributed by atoms with Crippen LogP contribution in [-0.4, -0.2) is 5.91 Å². The van der Waals surface area contributed by atoms with Gasteiger partial charge in [-0.3, -0.25) is 10.2 Å². The van der Waals surface area contributed by atoms with Gasteiger partial charge in [-0.05, 0) is 24.7 Å². The fraction of sp³-hybridized carbons (Fsp3) is 0.625. The molecule has 0 unspecified atom stereocenters. The van der Waals surface area contributed by atoms with Crippen molar-refractivity contribution in [2.75, 3.05) is 0 Å². The lowest BCUT2D eigenvalue weighted by molar-refractivity contribution is -0.125. The third kappa shape index (κ3) is 0.959. The summed E-state index contributed by atoms with van der Waals surface area (Å²) in [4.78, 5) is 11.1. The molecule has 60 valence electrons. The summed E-state index contributed by atoms with van der Waals surface area (Å²) in [6.45, 7) is 0. The van der Waals surface area contributed by atoms with Crippen LogP contribution in [0, 0.1) is 17.8 Å². The topological polar surface area (TPSA) is 55.1 Å². The largest absolute Gasteiger partial charge is 0.294 e. The molecule has 2 aliphatic rings. The molecule has 3 N–H and O–H groups in total. The molecular weight excluding hydrogens is 140 g/mol. The molecule has 0 aromatic rings. The van der Waals surface area contributed by atoms with Crippen molar-refractivity contribution in [2.24, 2.45) is 23.6 Å². The van der Waals surface area contributed by atoms with Gasteiger partial charge < -0.3 is 0 Å². The molecule has 0 aromatic heterocycles. The maximum Gasteiger partial charge on any atom is 0.237 e. The summed E-state index contributed by atoms with van der Waals surface area (Å²) < 4.78 is 0. The number of fused-ring (bicyclic) bond motifs is 2. The summed E-state index contributed by atoms with van der Waals surface area (Å²) in [5, 5.41) is 0. The van der Waals surface area contributed by atoms with E-state index < -0.39 is 0 Å².